The van der Waals surface area contributed by atoms with Gasteiger partial charge in [0.1, 0.15) is 20.8 Å². The summed E-state index contributed by atoms with van der Waals surface area (Å²) in [5.41, 5.74) is 1.41. The number of thiazole rings is 1. The van der Waals surface area contributed by atoms with E-state index in [0.717, 1.165) is 28.9 Å². The van der Waals surface area contributed by atoms with E-state index in [0.29, 0.717) is 26.7 Å². The summed E-state index contributed by atoms with van der Waals surface area (Å²) in [4.78, 5) is 5.17. The van der Waals surface area contributed by atoms with E-state index in [-0.39, 0.29) is 14.9 Å². The number of thiophene rings is 1. The van der Waals surface area contributed by atoms with Crippen molar-refractivity contribution in [2.45, 2.75) is 14.9 Å². The fourth-order valence-corrected chi connectivity index (χ4v) is 7.84. The zero-order chi connectivity index (χ0) is 22.2. The molecule has 4 rings (SSSR count). The molecule has 0 unspecified atom stereocenters. The molecule has 5 nitrogen and oxygen atoms in total. The highest BCUT2D eigenvalue weighted by atomic mass is 32.2. The Morgan fingerprint density at radius 2 is 1.65 bits per heavy atom. The minimum Gasteiger partial charge on any atom is -0.239 e. The lowest BCUT2D eigenvalue weighted by molar-refractivity contribution is 0.596. The van der Waals surface area contributed by atoms with Crippen LogP contribution in [-0.2, 0) is 25.4 Å². The summed E-state index contributed by atoms with van der Waals surface area (Å²) in [7, 11) is -7.14. The molecule has 0 radical (unpaired) electrons. The Balaban J connectivity index is 1.90. The lowest BCUT2D eigenvalue weighted by Crippen LogP contribution is -2.02. The van der Waals surface area contributed by atoms with Gasteiger partial charge < -0.3 is 0 Å². The first kappa shape index (κ1) is 21.8. The van der Waals surface area contributed by atoms with Crippen LogP contribution < -0.4 is 0 Å². The second-order valence-electron chi connectivity index (χ2n) is 6.75. The maximum absolute atomic E-state index is 13.5. The van der Waals surface area contributed by atoms with Crippen LogP contribution in [0.25, 0.3) is 21.7 Å². The molecule has 2 heterocycles. The maximum Gasteiger partial charge on any atom is 0.194 e. The molecule has 10 heteroatoms. The lowest BCUT2D eigenvalue weighted by atomic mass is 10.1. The molecule has 0 bridgehead atoms. The molecule has 0 atom stereocenters. The molecule has 4 aromatic rings. The minimum absolute atomic E-state index is 0.120. The van der Waals surface area contributed by atoms with Gasteiger partial charge in [0.05, 0.1) is 15.5 Å². The third-order valence-corrected chi connectivity index (χ3v) is 9.98. The zero-order valence-electron chi connectivity index (χ0n) is 16.1. The van der Waals surface area contributed by atoms with Gasteiger partial charge in [0, 0.05) is 17.4 Å². The summed E-state index contributed by atoms with van der Waals surface area (Å²) in [6, 6.07) is 15.3. The van der Waals surface area contributed by atoms with Gasteiger partial charge >= 0.3 is 0 Å². The third-order valence-electron chi connectivity index (χ3n) is 4.44. The molecule has 0 aliphatic heterocycles. The van der Waals surface area contributed by atoms with E-state index in [2.05, 4.69) is 4.98 Å². The highest BCUT2D eigenvalue weighted by Gasteiger charge is 2.24. The first-order valence-electron chi connectivity index (χ1n) is 8.96. The smallest absolute Gasteiger partial charge is 0.194 e. The quantitative estimate of drug-likeness (QED) is 0.375. The van der Waals surface area contributed by atoms with Crippen LogP contribution in [0.3, 0.4) is 0 Å². The van der Waals surface area contributed by atoms with Crippen LogP contribution in [0, 0.1) is 5.82 Å². The summed E-state index contributed by atoms with van der Waals surface area (Å²) < 4.78 is 63.9. The molecule has 0 N–H and O–H groups in total. The maximum atomic E-state index is 13.5. The highest BCUT2D eigenvalue weighted by Crippen LogP contribution is 2.40. The van der Waals surface area contributed by atoms with Crippen LogP contribution >= 0.6 is 22.7 Å². The Morgan fingerprint density at radius 1 is 0.935 bits per heavy atom. The van der Waals surface area contributed by atoms with E-state index in [4.69, 9.17) is 0 Å². The van der Waals surface area contributed by atoms with Crippen LogP contribution in [0.1, 0.15) is 5.01 Å². The van der Waals surface area contributed by atoms with Crippen LogP contribution in [-0.4, -0.2) is 28.1 Å². The van der Waals surface area contributed by atoms with Gasteiger partial charge in [0.25, 0.3) is 0 Å². The van der Waals surface area contributed by atoms with Gasteiger partial charge in [-0.2, -0.15) is 0 Å². The monoisotopic (exact) mass is 493 g/mol. The topological polar surface area (TPSA) is 81.2 Å². The summed E-state index contributed by atoms with van der Waals surface area (Å²) >= 11 is 2.25. The number of halogens is 1. The van der Waals surface area contributed by atoms with Crippen LogP contribution in [0.4, 0.5) is 4.39 Å². The van der Waals surface area contributed by atoms with Crippen molar-refractivity contribution in [3.63, 3.8) is 0 Å². The third kappa shape index (κ3) is 4.62. The van der Waals surface area contributed by atoms with Gasteiger partial charge in [-0.1, -0.05) is 24.3 Å². The van der Waals surface area contributed by atoms with Gasteiger partial charge in [0.15, 0.2) is 19.7 Å². The molecule has 160 valence electrons. The molecule has 2 aromatic carbocycles. The van der Waals surface area contributed by atoms with E-state index in [9.17, 15) is 21.2 Å². The summed E-state index contributed by atoms with van der Waals surface area (Å²) in [6.45, 7) is 0. The normalized spacial score (nSPS) is 12.2. The van der Waals surface area contributed by atoms with Crippen molar-refractivity contribution in [3.05, 3.63) is 76.9 Å². The van der Waals surface area contributed by atoms with Gasteiger partial charge in [-0.3, -0.25) is 0 Å². The SMILES string of the molecule is CS(=O)(=O)c1ccccc1-c1sc(CS(=O)(=O)c2cccs2)nc1-c1ccc(F)cc1. The molecule has 0 amide bonds. The molecule has 0 fully saturated rings. The average molecular weight is 494 g/mol. The number of hydrogen-bond acceptors (Lipinski definition) is 7. The van der Waals surface area contributed by atoms with Crippen molar-refractivity contribution in [2.75, 3.05) is 6.26 Å². The van der Waals surface area contributed by atoms with Crippen molar-refractivity contribution in [3.8, 4) is 21.7 Å². The fraction of sp³-hybridized carbons (Fsp3) is 0.0952. The van der Waals surface area contributed by atoms with Crippen molar-refractivity contribution < 1.29 is 21.2 Å². The highest BCUT2D eigenvalue weighted by molar-refractivity contribution is 7.92. The molecule has 0 saturated carbocycles. The second-order valence-corrected chi connectivity index (χ2v) is 13.0. The van der Waals surface area contributed by atoms with E-state index in [1.54, 1.807) is 29.6 Å². The predicted octanol–water partition coefficient (Wildman–Crippen LogP) is 5.06. The number of rotatable bonds is 6. The Hall–Kier alpha value is -2.40. The second kappa shape index (κ2) is 8.27. The van der Waals surface area contributed by atoms with Crippen molar-refractivity contribution in [2.24, 2.45) is 0 Å². The first-order valence-corrected chi connectivity index (χ1v) is 14.2. The Kier molecular flexibility index (Phi) is 5.82. The predicted molar refractivity (Wildman–Crippen MR) is 121 cm³/mol. The number of hydrogen-bond donors (Lipinski definition) is 0. The minimum atomic E-state index is -3.59. The number of benzene rings is 2. The van der Waals surface area contributed by atoms with Crippen molar-refractivity contribution >= 4 is 42.3 Å². The van der Waals surface area contributed by atoms with Gasteiger partial charge in [-0.15, -0.1) is 22.7 Å². The van der Waals surface area contributed by atoms with Crippen molar-refractivity contribution in [1.29, 1.82) is 0 Å². The standard InChI is InChI=1S/C21H16FNO4S4/c1-30(24,25)17-6-3-2-5-16(17)21-20(14-8-10-15(22)11-9-14)23-18(29-21)13-31(26,27)19-7-4-12-28-19/h2-12H,13H2,1H3. The fourth-order valence-electron chi connectivity index (χ4n) is 3.06. The average Bonchev–Trinajstić information content (AvgIpc) is 3.38. The van der Waals surface area contributed by atoms with Crippen LogP contribution in [0.2, 0.25) is 0 Å². The number of aromatic nitrogens is 1. The first-order chi connectivity index (χ1) is 14.6. The van der Waals surface area contributed by atoms with E-state index < -0.39 is 25.5 Å². The summed E-state index contributed by atoms with van der Waals surface area (Å²) in [5, 5.41) is 2.01. The Labute approximate surface area is 187 Å². The van der Waals surface area contributed by atoms with Crippen molar-refractivity contribution in [1.82, 2.24) is 4.98 Å². The van der Waals surface area contributed by atoms with Crippen LogP contribution in [0.5, 0.6) is 0 Å². The number of nitrogens with zero attached hydrogens (tertiary/aromatic N) is 1. The zero-order valence-corrected chi connectivity index (χ0v) is 19.4. The molecule has 0 saturated heterocycles. The summed E-state index contributed by atoms with van der Waals surface area (Å²) in [5.74, 6) is -0.731. The van der Waals surface area contributed by atoms with Gasteiger partial charge in [0.2, 0.25) is 0 Å². The molecular formula is C21H16FNO4S4. The van der Waals surface area contributed by atoms with Gasteiger partial charge in [-0.25, -0.2) is 26.2 Å². The Bertz CT molecular complexity index is 1440. The molecule has 0 aliphatic carbocycles. The van der Waals surface area contributed by atoms with Gasteiger partial charge in [-0.05, 0) is 41.8 Å². The Morgan fingerprint density at radius 3 is 2.29 bits per heavy atom. The molecule has 0 aliphatic rings. The molecule has 0 spiro atoms. The molecule has 31 heavy (non-hydrogen) atoms. The van der Waals surface area contributed by atoms with E-state index in [1.165, 1.54) is 36.4 Å². The number of sulfone groups is 2. The largest absolute Gasteiger partial charge is 0.239 e. The lowest BCUT2D eigenvalue weighted by Gasteiger charge is -2.08. The summed E-state index contributed by atoms with van der Waals surface area (Å²) in [6.07, 6.45) is 1.12. The van der Waals surface area contributed by atoms with E-state index >= 15 is 0 Å². The molecular weight excluding hydrogens is 478 g/mol. The van der Waals surface area contributed by atoms with Crippen LogP contribution in [0.15, 0.2) is 75.1 Å². The molecule has 2 aromatic heterocycles. The van der Waals surface area contributed by atoms with E-state index in [1.807, 2.05) is 0 Å².